The molecule has 7 heteroatoms. The van der Waals surface area contributed by atoms with Crippen LogP contribution in [0.3, 0.4) is 0 Å². The first-order valence-corrected chi connectivity index (χ1v) is 8.27. The van der Waals surface area contributed by atoms with Gasteiger partial charge in [0.2, 0.25) is 0 Å². The Balaban J connectivity index is 1.75. The van der Waals surface area contributed by atoms with E-state index in [-0.39, 0.29) is 18.5 Å². The second-order valence-electron chi connectivity index (χ2n) is 5.71. The van der Waals surface area contributed by atoms with Crippen molar-refractivity contribution in [3.05, 3.63) is 42.5 Å². The van der Waals surface area contributed by atoms with E-state index in [1.54, 1.807) is 11.0 Å². The molecule has 130 valence electrons. The fraction of sp³-hybridized carbons (Fsp3) is 0.471. The Bertz CT molecular complexity index is 608. The van der Waals surface area contributed by atoms with Crippen molar-refractivity contribution >= 4 is 6.03 Å². The molecule has 1 heterocycles. The first-order valence-electron chi connectivity index (χ1n) is 8.27. The van der Waals surface area contributed by atoms with Crippen molar-refractivity contribution in [3.8, 4) is 5.69 Å². The third-order valence-corrected chi connectivity index (χ3v) is 4.14. The molecule has 3 N–H and O–H groups in total. The van der Waals surface area contributed by atoms with Gasteiger partial charge in [0.05, 0.1) is 11.8 Å². The fourth-order valence-electron chi connectivity index (χ4n) is 2.55. The van der Waals surface area contributed by atoms with Crippen LogP contribution in [0.2, 0.25) is 0 Å². The number of rotatable bonds is 8. The van der Waals surface area contributed by atoms with Crippen LogP contribution in [-0.2, 0) is 6.54 Å². The normalized spacial score (nSPS) is 12.2. The summed E-state index contributed by atoms with van der Waals surface area (Å²) in [6.45, 7) is 4.77. The van der Waals surface area contributed by atoms with Crippen molar-refractivity contribution in [1.29, 1.82) is 0 Å². The lowest BCUT2D eigenvalue weighted by Crippen LogP contribution is -2.41. The molecule has 0 saturated carbocycles. The molecule has 2 aromatic rings. The predicted octanol–water partition coefficient (Wildman–Crippen LogP) is 1.86. The molecule has 0 aliphatic rings. The zero-order valence-electron chi connectivity index (χ0n) is 14.1. The van der Waals surface area contributed by atoms with Crippen molar-refractivity contribution in [2.75, 3.05) is 6.54 Å². The van der Waals surface area contributed by atoms with Gasteiger partial charge in [-0.1, -0.05) is 38.8 Å². The van der Waals surface area contributed by atoms with Crippen molar-refractivity contribution in [1.82, 2.24) is 25.4 Å². The number of aromatic nitrogens is 3. The van der Waals surface area contributed by atoms with Crippen LogP contribution >= 0.6 is 0 Å². The molecule has 7 nitrogen and oxygen atoms in total. The number of benzene rings is 1. The molecular formula is C17H25N5O2. The number of amides is 2. The Hall–Kier alpha value is -2.41. The van der Waals surface area contributed by atoms with Crippen molar-refractivity contribution < 1.29 is 9.90 Å². The lowest BCUT2D eigenvalue weighted by molar-refractivity contribution is 0.103. The van der Waals surface area contributed by atoms with Crippen LogP contribution in [0.5, 0.6) is 0 Å². The van der Waals surface area contributed by atoms with E-state index in [1.165, 1.54) is 6.33 Å². The first kappa shape index (κ1) is 17.9. The number of aliphatic hydroxyl groups excluding tert-OH is 1. The van der Waals surface area contributed by atoms with Crippen molar-refractivity contribution in [2.45, 2.75) is 39.3 Å². The number of nitrogens with zero attached hydrogens (tertiary/aromatic N) is 3. The lowest BCUT2D eigenvalue weighted by atomic mass is 9.97. The summed E-state index contributed by atoms with van der Waals surface area (Å²) in [6, 6.07) is 7.41. The minimum Gasteiger partial charge on any atom is -0.391 e. The maximum Gasteiger partial charge on any atom is 0.315 e. The highest BCUT2D eigenvalue weighted by Gasteiger charge is 2.15. The van der Waals surface area contributed by atoms with Gasteiger partial charge >= 0.3 is 6.03 Å². The van der Waals surface area contributed by atoms with Crippen molar-refractivity contribution in [2.24, 2.45) is 5.92 Å². The molecule has 1 atom stereocenters. The first-order chi connectivity index (χ1) is 11.6. The van der Waals surface area contributed by atoms with E-state index in [4.69, 9.17) is 0 Å². The molecule has 2 rings (SSSR count). The predicted molar refractivity (Wildman–Crippen MR) is 91.7 cm³/mol. The zero-order chi connectivity index (χ0) is 17.4. The van der Waals surface area contributed by atoms with E-state index in [0.717, 1.165) is 24.1 Å². The average molecular weight is 331 g/mol. The average Bonchev–Trinajstić information content (AvgIpc) is 3.14. The van der Waals surface area contributed by atoms with Gasteiger partial charge in [0.1, 0.15) is 12.7 Å². The number of carbonyl (C=O) groups is 1. The summed E-state index contributed by atoms with van der Waals surface area (Å²) in [4.78, 5) is 15.7. The zero-order valence-corrected chi connectivity index (χ0v) is 14.1. The van der Waals surface area contributed by atoms with Crippen LogP contribution in [0.15, 0.2) is 36.9 Å². The number of carbonyl (C=O) groups excluding carboxylic acids is 1. The van der Waals surface area contributed by atoms with E-state index in [2.05, 4.69) is 20.7 Å². The Morgan fingerprint density at radius 2 is 1.92 bits per heavy atom. The number of hydrogen-bond donors (Lipinski definition) is 3. The van der Waals surface area contributed by atoms with Crippen LogP contribution in [-0.4, -0.2) is 38.6 Å². The highest BCUT2D eigenvalue weighted by atomic mass is 16.3. The van der Waals surface area contributed by atoms with Crippen LogP contribution in [0.1, 0.15) is 32.3 Å². The molecule has 0 spiro atoms. The van der Waals surface area contributed by atoms with Gasteiger partial charge in [-0.2, -0.15) is 5.10 Å². The SMILES string of the molecule is CCC(CC)C(O)CNC(=O)NCc1ccc(-n2cncn2)cc1. The van der Waals surface area contributed by atoms with Crippen LogP contribution < -0.4 is 10.6 Å². The molecule has 0 saturated heterocycles. The van der Waals surface area contributed by atoms with E-state index >= 15 is 0 Å². The van der Waals surface area contributed by atoms with Crippen LogP contribution in [0.4, 0.5) is 4.79 Å². The Morgan fingerprint density at radius 1 is 1.21 bits per heavy atom. The molecule has 1 aromatic heterocycles. The van der Waals surface area contributed by atoms with E-state index < -0.39 is 6.10 Å². The minimum atomic E-state index is -0.507. The summed E-state index contributed by atoms with van der Waals surface area (Å²) in [5, 5.41) is 19.6. The maximum atomic E-state index is 11.8. The molecule has 0 radical (unpaired) electrons. The molecule has 1 unspecified atom stereocenters. The number of hydrogen-bond acceptors (Lipinski definition) is 4. The summed E-state index contributed by atoms with van der Waals surface area (Å²) < 4.78 is 1.67. The van der Waals surface area contributed by atoms with Gasteiger partial charge in [-0.3, -0.25) is 0 Å². The monoisotopic (exact) mass is 331 g/mol. The molecule has 0 fully saturated rings. The van der Waals surface area contributed by atoms with Gasteiger partial charge in [-0.05, 0) is 23.6 Å². The lowest BCUT2D eigenvalue weighted by Gasteiger charge is -2.20. The van der Waals surface area contributed by atoms with Crippen molar-refractivity contribution in [3.63, 3.8) is 0 Å². The summed E-state index contributed by atoms with van der Waals surface area (Å²) in [6.07, 6.45) is 4.41. The molecule has 0 aliphatic carbocycles. The van der Waals surface area contributed by atoms with Crippen LogP contribution in [0, 0.1) is 5.92 Å². The third kappa shape index (κ3) is 5.06. The Kier molecular flexibility index (Phi) is 6.74. The van der Waals surface area contributed by atoms with Gasteiger partial charge in [0.25, 0.3) is 0 Å². The van der Waals surface area contributed by atoms with E-state index in [0.29, 0.717) is 6.54 Å². The number of urea groups is 1. The number of nitrogens with one attached hydrogen (secondary N) is 2. The summed E-state index contributed by atoms with van der Waals surface area (Å²) in [5.74, 6) is 0.217. The second-order valence-corrected chi connectivity index (χ2v) is 5.71. The minimum absolute atomic E-state index is 0.217. The summed E-state index contributed by atoms with van der Waals surface area (Å²) in [7, 11) is 0. The van der Waals surface area contributed by atoms with E-state index in [9.17, 15) is 9.90 Å². The Labute approximate surface area is 142 Å². The molecule has 1 aromatic carbocycles. The summed E-state index contributed by atoms with van der Waals surface area (Å²) >= 11 is 0. The maximum absolute atomic E-state index is 11.8. The molecular weight excluding hydrogens is 306 g/mol. The highest BCUT2D eigenvalue weighted by Crippen LogP contribution is 2.12. The van der Waals surface area contributed by atoms with Gasteiger partial charge in [0.15, 0.2) is 0 Å². The van der Waals surface area contributed by atoms with Gasteiger partial charge < -0.3 is 15.7 Å². The number of aliphatic hydroxyl groups is 1. The van der Waals surface area contributed by atoms with Gasteiger partial charge in [0, 0.05) is 13.1 Å². The molecule has 2 amide bonds. The van der Waals surface area contributed by atoms with Gasteiger partial charge in [-0.15, -0.1) is 0 Å². The molecule has 0 bridgehead atoms. The largest absolute Gasteiger partial charge is 0.391 e. The smallest absolute Gasteiger partial charge is 0.315 e. The molecule has 24 heavy (non-hydrogen) atoms. The third-order valence-electron chi connectivity index (χ3n) is 4.14. The quantitative estimate of drug-likeness (QED) is 0.688. The highest BCUT2D eigenvalue weighted by molar-refractivity contribution is 5.73. The van der Waals surface area contributed by atoms with E-state index in [1.807, 2.05) is 38.1 Å². The standard InChI is InChI=1S/C17H25N5O2/c1-3-14(4-2)16(23)10-20-17(24)19-9-13-5-7-15(8-6-13)22-12-18-11-21-22/h5-8,11-12,14,16,23H,3-4,9-10H2,1-2H3,(H2,19,20,24). The summed E-state index contributed by atoms with van der Waals surface area (Å²) in [5.41, 5.74) is 1.89. The van der Waals surface area contributed by atoms with Gasteiger partial charge in [-0.25, -0.2) is 14.5 Å². The topological polar surface area (TPSA) is 92.1 Å². The fourth-order valence-corrected chi connectivity index (χ4v) is 2.55. The van der Waals surface area contributed by atoms with Crippen LogP contribution in [0.25, 0.3) is 5.69 Å². The second kappa shape index (κ2) is 9.02. The Morgan fingerprint density at radius 3 is 2.50 bits per heavy atom. The molecule has 0 aliphatic heterocycles.